The molecule has 0 bridgehead atoms. The van der Waals surface area contributed by atoms with Gasteiger partial charge in [-0.2, -0.15) is 5.10 Å². The zero-order valence-electron chi connectivity index (χ0n) is 11.0. The maximum Gasteiger partial charge on any atom is 0.270 e. The molecule has 0 aliphatic rings. The summed E-state index contributed by atoms with van der Waals surface area (Å²) in [5, 5.41) is 14.7. The fourth-order valence-electron chi connectivity index (χ4n) is 1.72. The Balaban J connectivity index is 2.11. The van der Waals surface area contributed by atoms with E-state index in [2.05, 4.69) is 5.10 Å². The minimum Gasteiger partial charge on any atom is -0.289 e. The number of non-ortho nitro benzene ring substituents is 1. The van der Waals surface area contributed by atoms with Gasteiger partial charge in [0.05, 0.1) is 17.7 Å². The van der Waals surface area contributed by atoms with Gasteiger partial charge in [-0.25, -0.2) is 0 Å². The molecule has 0 spiro atoms. The summed E-state index contributed by atoms with van der Waals surface area (Å²) in [6.07, 6.45) is 6.35. The van der Waals surface area contributed by atoms with Crippen LogP contribution in [0.15, 0.2) is 42.7 Å². The minimum atomic E-state index is -0.531. The Hall–Kier alpha value is -2.47. The Bertz CT molecular complexity index is 694. The van der Waals surface area contributed by atoms with Crippen molar-refractivity contribution in [3.05, 3.63) is 64.0 Å². The lowest BCUT2D eigenvalue weighted by atomic mass is 10.1. The standard InChI is InChI=1S/C14H12ClN3O3/c15-6-7-17-10-11(9-16-17)4-5-14(19)12-2-1-3-13(8-12)18(20)21/h1-5,8-10H,6-7H2/b5-4+. The number of hydrogen-bond donors (Lipinski definition) is 0. The van der Waals surface area contributed by atoms with Gasteiger partial charge in [-0.1, -0.05) is 12.1 Å². The van der Waals surface area contributed by atoms with E-state index in [0.717, 1.165) is 5.56 Å². The molecule has 2 rings (SSSR count). The predicted octanol–water partition coefficient (Wildman–Crippen LogP) is 2.93. The molecule has 0 saturated heterocycles. The topological polar surface area (TPSA) is 78.0 Å². The predicted molar refractivity (Wildman–Crippen MR) is 79.4 cm³/mol. The van der Waals surface area contributed by atoms with E-state index in [9.17, 15) is 14.9 Å². The van der Waals surface area contributed by atoms with E-state index >= 15 is 0 Å². The Morgan fingerprint density at radius 2 is 2.29 bits per heavy atom. The number of ketones is 1. The normalized spacial score (nSPS) is 10.9. The summed E-state index contributed by atoms with van der Waals surface area (Å²) in [7, 11) is 0. The first-order valence-corrected chi connectivity index (χ1v) is 6.69. The molecule has 0 aliphatic carbocycles. The SMILES string of the molecule is O=C(/C=C/c1cnn(CCCl)c1)c1cccc([N+](=O)[O-])c1. The van der Waals surface area contributed by atoms with Crippen molar-refractivity contribution in [1.29, 1.82) is 0 Å². The van der Waals surface area contributed by atoms with Crippen LogP contribution in [0.3, 0.4) is 0 Å². The van der Waals surface area contributed by atoms with Crippen molar-refractivity contribution in [2.24, 2.45) is 0 Å². The average Bonchev–Trinajstić information content (AvgIpc) is 2.93. The van der Waals surface area contributed by atoms with Crippen LogP contribution in [0.4, 0.5) is 5.69 Å². The van der Waals surface area contributed by atoms with Gasteiger partial charge in [0.15, 0.2) is 5.78 Å². The van der Waals surface area contributed by atoms with E-state index in [1.54, 1.807) is 23.2 Å². The summed E-state index contributed by atoms with van der Waals surface area (Å²) >= 11 is 5.61. The number of halogens is 1. The van der Waals surface area contributed by atoms with Crippen LogP contribution in [-0.2, 0) is 6.54 Å². The molecule has 0 amide bonds. The molecule has 1 heterocycles. The van der Waals surface area contributed by atoms with E-state index in [0.29, 0.717) is 12.4 Å². The highest BCUT2D eigenvalue weighted by molar-refractivity contribution is 6.17. The molecule has 2 aromatic rings. The smallest absolute Gasteiger partial charge is 0.270 e. The lowest BCUT2D eigenvalue weighted by Gasteiger charge is -1.96. The lowest BCUT2D eigenvalue weighted by Crippen LogP contribution is -1.98. The van der Waals surface area contributed by atoms with Crippen LogP contribution in [0.5, 0.6) is 0 Å². The molecule has 0 atom stereocenters. The minimum absolute atomic E-state index is 0.107. The van der Waals surface area contributed by atoms with Crippen LogP contribution >= 0.6 is 11.6 Å². The summed E-state index contributed by atoms with van der Waals surface area (Å²) < 4.78 is 1.67. The van der Waals surface area contributed by atoms with Gasteiger partial charge in [-0.05, 0) is 12.2 Å². The van der Waals surface area contributed by atoms with E-state index in [1.165, 1.54) is 30.3 Å². The highest BCUT2D eigenvalue weighted by Gasteiger charge is 2.09. The monoisotopic (exact) mass is 305 g/mol. The largest absolute Gasteiger partial charge is 0.289 e. The molecule has 0 radical (unpaired) electrons. The average molecular weight is 306 g/mol. The number of nitro benzene ring substituents is 1. The molecular formula is C14H12ClN3O3. The molecule has 0 unspecified atom stereocenters. The maximum absolute atomic E-state index is 12.0. The molecule has 0 saturated carbocycles. The first-order valence-electron chi connectivity index (χ1n) is 6.15. The van der Waals surface area contributed by atoms with Crippen LogP contribution in [0, 0.1) is 10.1 Å². The third-order valence-electron chi connectivity index (χ3n) is 2.74. The van der Waals surface area contributed by atoms with Crippen LogP contribution in [0.2, 0.25) is 0 Å². The number of hydrogen-bond acceptors (Lipinski definition) is 4. The zero-order valence-corrected chi connectivity index (χ0v) is 11.7. The van der Waals surface area contributed by atoms with Gasteiger partial charge in [0.1, 0.15) is 0 Å². The van der Waals surface area contributed by atoms with Crippen molar-refractivity contribution in [3.63, 3.8) is 0 Å². The second-order valence-electron chi connectivity index (χ2n) is 4.23. The molecular weight excluding hydrogens is 294 g/mol. The fraction of sp³-hybridized carbons (Fsp3) is 0.143. The Morgan fingerprint density at radius 3 is 3.00 bits per heavy atom. The number of benzene rings is 1. The molecule has 21 heavy (non-hydrogen) atoms. The lowest BCUT2D eigenvalue weighted by molar-refractivity contribution is -0.384. The van der Waals surface area contributed by atoms with Gasteiger partial charge in [0.25, 0.3) is 5.69 Å². The number of aryl methyl sites for hydroxylation is 1. The fourth-order valence-corrected chi connectivity index (χ4v) is 1.89. The highest BCUT2D eigenvalue weighted by Crippen LogP contribution is 2.14. The van der Waals surface area contributed by atoms with Crippen LogP contribution in [0.1, 0.15) is 15.9 Å². The summed E-state index contributed by atoms with van der Waals surface area (Å²) in [6.45, 7) is 0.591. The number of nitrogens with zero attached hydrogens (tertiary/aromatic N) is 3. The van der Waals surface area contributed by atoms with Gasteiger partial charge in [-0.15, -0.1) is 11.6 Å². The molecule has 7 heteroatoms. The van der Waals surface area contributed by atoms with Crippen LogP contribution in [0.25, 0.3) is 6.08 Å². The van der Waals surface area contributed by atoms with E-state index in [1.807, 2.05) is 0 Å². The van der Waals surface area contributed by atoms with Crippen molar-refractivity contribution in [2.45, 2.75) is 6.54 Å². The van der Waals surface area contributed by atoms with E-state index in [4.69, 9.17) is 11.6 Å². The number of rotatable bonds is 6. The third kappa shape index (κ3) is 4.00. The number of carbonyl (C=O) groups excluding carboxylic acids is 1. The summed E-state index contributed by atoms with van der Waals surface area (Å²) in [6, 6.07) is 5.62. The second-order valence-corrected chi connectivity index (χ2v) is 4.61. The number of alkyl halides is 1. The third-order valence-corrected chi connectivity index (χ3v) is 2.90. The van der Waals surface area contributed by atoms with Gasteiger partial charge in [0, 0.05) is 35.3 Å². The van der Waals surface area contributed by atoms with Crippen molar-refractivity contribution in [1.82, 2.24) is 9.78 Å². The summed E-state index contributed by atoms with van der Waals surface area (Å²) in [5.41, 5.74) is 0.927. The maximum atomic E-state index is 12.0. The Labute approximate surface area is 125 Å². The molecule has 1 aromatic heterocycles. The van der Waals surface area contributed by atoms with Gasteiger partial charge < -0.3 is 0 Å². The Kier molecular flexibility index (Phi) is 4.84. The molecule has 1 aromatic carbocycles. The number of allylic oxidation sites excluding steroid dienone is 1. The molecule has 108 valence electrons. The quantitative estimate of drug-likeness (QED) is 0.270. The first-order chi connectivity index (χ1) is 10.1. The molecule has 0 aliphatic heterocycles. The molecule has 0 fully saturated rings. The van der Waals surface area contributed by atoms with E-state index in [-0.39, 0.29) is 17.0 Å². The van der Waals surface area contributed by atoms with Gasteiger partial charge >= 0.3 is 0 Å². The van der Waals surface area contributed by atoms with Gasteiger partial charge in [0.2, 0.25) is 0 Å². The summed E-state index contributed by atoms with van der Waals surface area (Å²) in [4.78, 5) is 22.1. The van der Waals surface area contributed by atoms with Crippen LogP contribution in [-0.4, -0.2) is 26.4 Å². The molecule has 0 N–H and O–H groups in total. The number of carbonyl (C=O) groups is 1. The highest BCUT2D eigenvalue weighted by atomic mass is 35.5. The molecule has 6 nitrogen and oxygen atoms in total. The van der Waals surface area contributed by atoms with Crippen molar-refractivity contribution in [3.8, 4) is 0 Å². The summed E-state index contributed by atoms with van der Waals surface area (Å²) in [5.74, 6) is 0.154. The number of nitro groups is 1. The van der Waals surface area contributed by atoms with Gasteiger partial charge in [-0.3, -0.25) is 19.6 Å². The zero-order chi connectivity index (χ0) is 15.2. The van der Waals surface area contributed by atoms with Crippen molar-refractivity contribution >= 4 is 29.1 Å². The van der Waals surface area contributed by atoms with E-state index < -0.39 is 4.92 Å². The van der Waals surface area contributed by atoms with Crippen LogP contribution < -0.4 is 0 Å². The first kappa shape index (κ1) is 14.9. The van der Waals surface area contributed by atoms with Crippen molar-refractivity contribution < 1.29 is 9.72 Å². The Morgan fingerprint density at radius 1 is 1.48 bits per heavy atom. The second kappa shape index (κ2) is 6.81. The van der Waals surface area contributed by atoms with Crippen molar-refractivity contribution in [2.75, 3.05) is 5.88 Å². The number of aromatic nitrogens is 2.